The van der Waals surface area contributed by atoms with E-state index in [1.807, 2.05) is 13.0 Å². The number of carbonyl (C=O) groups is 4. The number of hydrogen-bond acceptors (Lipinski definition) is 4. The van der Waals surface area contributed by atoms with Crippen molar-refractivity contribution in [1.82, 2.24) is 15.1 Å². The average Bonchev–Trinajstić information content (AvgIpc) is 3.67. The van der Waals surface area contributed by atoms with E-state index in [9.17, 15) is 33.1 Å². The van der Waals surface area contributed by atoms with Crippen LogP contribution in [0, 0.1) is 24.5 Å². The average molecular weight is 500 g/mol. The number of halogens is 2. The summed E-state index contributed by atoms with van der Waals surface area (Å²) in [5, 5.41) is 12.2. The fourth-order valence-corrected chi connectivity index (χ4v) is 4.52. The van der Waals surface area contributed by atoms with Gasteiger partial charge in [0.15, 0.2) is 6.17 Å². The Morgan fingerprint density at radius 2 is 1.69 bits per heavy atom. The molecule has 4 rings (SSSR count). The second-order valence-electron chi connectivity index (χ2n) is 9.26. The highest BCUT2D eigenvalue weighted by atomic mass is 19.1. The molecule has 2 fully saturated rings. The number of carboxylic acids is 1. The molecule has 1 saturated heterocycles. The standard InChI is InChI=1S/C26H27F2N3O5/c1-15-4-2-5-17(10-15)21(14-22(32)33)29-23(34)24-30(25(35)16-6-7-16)8-3-9-31(24)26(36)18-11-19(27)13-20(28)12-18/h2,4-5,10-13,16,21,24H,3,6-9,14H2,1H3,(H,29,34)(H,32,33). The van der Waals surface area contributed by atoms with Gasteiger partial charge in [0.1, 0.15) is 11.6 Å². The Balaban J connectivity index is 1.68. The second kappa shape index (κ2) is 10.4. The van der Waals surface area contributed by atoms with Crippen LogP contribution in [0.15, 0.2) is 42.5 Å². The predicted octanol–water partition coefficient (Wildman–Crippen LogP) is 3.02. The van der Waals surface area contributed by atoms with Crippen molar-refractivity contribution in [2.45, 2.75) is 44.8 Å². The van der Waals surface area contributed by atoms with Crippen molar-refractivity contribution in [3.8, 4) is 0 Å². The summed E-state index contributed by atoms with van der Waals surface area (Å²) in [6.07, 6.45) is -0.0641. The first-order valence-electron chi connectivity index (χ1n) is 11.8. The summed E-state index contributed by atoms with van der Waals surface area (Å²) in [4.78, 5) is 54.0. The molecule has 0 spiro atoms. The maximum absolute atomic E-state index is 13.8. The summed E-state index contributed by atoms with van der Waals surface area (Å²) in [6.45, 7) is 2.14. The Kier molecular flexibility index (Phi) is 7.32. The van der Waals surface area contributed by atoms with Crippen LogP contribution in [0.1, 0.15) is 53.2 Å². The first kappa shape index (κ1) is 25.3. The summed E-state index contributed by atoms with van der Waals surface area (Å²) in [6, 6.07) is 8.48. The van der Waals surface area contributed by atoms with Crippen LogP contribution in [-0.4, -0.2) is 57.9 Å². The van der Waals surface area contributed by atoms with Crippen LogP contribution < -0.4 is 5.32 Å². The molecule has 190 valence electrons. The minimum atomic E-state index is -1.38. The molecule has 1 aliphatic carbocycles. The van der Waals surface area contributed by atoms with E-state index in [0.717, 1.165) is 22.6 Å². The lowest BCUT2D eigenvalue weighted by Gasteiger charge is -2.43. The molecule has 2 N–H and O–H groups in total. The lowest BCUT2D eigenvalue weighted by atomic mass is 10.0. The SMILES string of the molecule is Cc1cccc(C(CC(=O)O)NC(=O)C2N(C(=O)c3cc(F)cc(F)c3)CCCN2C(=O)C2CC2)c1. The highest BCUT2D eigenvalue weighted by Gasteiger charge is 2.45. The zero-order valence-electron chi connectivity index (χ0n) is 19.7. The van der Waals surface area contributed by atoms with Crippen LogP contribution in [0.2, 0.25) is 0 Å². The normalized spacial score (nSPS) is 18.5. The van der Waals surface area contributed by atoms with Gasteiger partial charge in [-0.25, -0.2) is 8.78 Å². The summed E-state index contributed by atoms with van der Waals surface area (Å²) < 4.78 is 27.7. The first-order chi connectivity index (χ1) is 17.1. The number of aryl methyl sites for hydroxylation is 1. The molecule has 2 atom stereocenters. The van der Waals surface area contributed by atoms with Crippen LogP contribution in [0.25, 0.3) is 0 Å². The molecule has 2 aromatic rings. The number of aliphatic carboxylic acids is 1. The Morgan fingerprint density at radius 1 is 1.03 bits per heavy atom. The molecule has 3 amide bonds. The molecule has 0 aromatic heterocycles. The Labute approximate surface area is 206 Å². The van der Waals surface area contributed by atoms with Gasteiger partial charge in [0.05, 0.1) is 12.5 Å². The maximum Gasteiger partial charge on any atom is 0.305 e. The third-order valence-corrected chi connectivity index (χ3v) is 6.34. The van der Waals surface area contributed by atoms with Crippen molar-refractivity contribution >= 4 is 23.7 Å². The van der Waals surface area contributed by atoms with Gasteiger partial charge in [-0.05, 0) is 43.9 Å². The van der Waals surface area contributed by atoms with Crippen molar-refractivity contribution in [3.05, 3.63) is 70.8 Å². The van der Waals surface area contributed by atoms with Gasteiger partial charge in [-0.1, -0.05) is 29.8 Å². The molecular formula is C26H27F2N3O5. The van der Waals surface area contributed by atoms with Crippen LogP contribution in [-0.2, 0) is 14.4 Å². The highest BCUT2D eigenvalue weighted by molar-refractivity contribution is 5.99. The van der Waals surface area contributed by atoms with Crippen molar-refractivity contribution in [2.75, 3.05) is 13.1 Å². The van der Waals surface area contributed by atoms with Crippen LogP contribution in [0.3, 0.4) is 0 Å². The topological polar surface area (TPSA) is 107 Å². The van der Waals surface area contributed by atoms with Gasteiger partial charge in [0, 0.05) is 30.6 Å². The zero-order valence-corrected chi connectivity index (χ0v) is 19.7. The lowest BCUT2D eigenvalue weighted by molar-refractivity contribution is -0.151. The summed E-state index contributed by atoms with van der Waals surface area (Å²) in [5.74, 6) is -5.07. The van der Waals surface area contributed by atoms with Gasteiger partial charge >= 0.3 is 5.97 Å². The predicted molar refractivity (Wildman–Crippen MR) is 125 cm³/mol. The van der Waals surface area contributed by atoms with E-state index < -0.39 is 48.0 Å². The quantitative estimate of drug-likeness (QED) is 0.609. The monoisotopic (exact) mass is 499 g/mol. The molecule has 8 nitrogen and oxygen atoms in total. The molecule has 10 heteroatoms. The Hall–Kier alpha value is -3.82. The molecule has 0 radical (unpaired) electrons. The summed E-state index contributed by atoms with van der Waals surface area (Å²) in [5.41, 5.74) is 1.14. The molecule has 1 saturated carbocycles. The number of carbonyl (C=O) groups excluding carboxylic acids is 3. The van der Waals surface area contributed by atoms with Crippen LogP contribution in [0.4, 0.5) is 8.78 Å². The van der Waals surface area contributed by atoms with Gasteiger partial charge in [-0.15, -0.1) is 0 Å². The number of nitrogens with zero attached hydrogens (tertiary/aromatic N) is 2. The minimum absolute atomic E-state index is 0.0809. The molecule has 1 heterocycles. The first-order valence-corrected chi connectivity index (χ1v) is 11.8. The molecule has 2 aliphatic rings. The second-order valence-corrected chi connectivity index (χ2v) is 9.26. The van der Waals surface area contributed by atoms with E-state index in [-0.39, 0.29) is 30.5 Å². The largest absolute Gasteiger partial charge is 0.481 e. The Bertz CT molecular complexity index is 1180. The number of hydrogen-bond donors (Lipinski definition) is 2. The molecular weight excluding hydrogens is 472 g/mol. The number of carboxylic acid groups (broad SMARTS) is 1. The van der Waals surface area contributed by atoms with Crippen molar-refractivity contribution in [1.29, 1.82) is 0 Å². The zero-order chi connectivity index (χ0) is 26.0. The van der Waals surface area contributed by atoms with Gasteiger partial charge in [0.2, 0.25) is 5.91 Å². The third-order valence-electron chi connectivity index (χ3n) is 6.34. The smallest absolute Gasteiger partial charge is 0.305 e. The molecule has 1 aliphatic heterocycles. The molecule has 0 bridgehead atoms. The van der Waals surface area contributed by atoms with E-state index in [1.54, 1.807) is 18.2 Å². The van der Waals surface area contributed by atoms with Crippen molar-refractivity contribution < 1.29 is 33.1 Å². The molecule has 36 heavy (non-hydrogen) atoms. The molecule has 2 aromatic carbocycles. The summed E-state index contributed by atoms with van der Waals surface area (Å²) >= 11 is 0. The lowest BCUT2D eigenvalue weighted by Crippen LogP contribution is -2.64. The van der Waals surface area contributed by atoms with E-state index in [2.05, 4.69) is 5.32 Å². The Morgan fingerprint density at radius 3 is 2.31 bits per heavy atom. The highest BCUT2D eigenvalue weighted by Crippen LogP contribution is 2.33. The van der Waals surface area contributed by atoms with E-state index in [4.69, 9.17) is 0 Å². The van der Waals surface area contributed by atoms with Crippen LogP contribution in [0.5, 0.6) is 0 Å². The van der Waals surface area contributed by atoms with E-state index >= 15 is 0 Å². The molecule has 2 unspecified atom stereocenters. The maximum atomic E-state index is 13.8. The fourth-order valence-electron chi connectivity index (χ4n) is 4.52. The van der Waals surface area contributed by atoms with Crippen molar-refractivity contribution in [3.63, 3.8) is 0 Å². The number of nitrogens with one attached hydrogen (secondary N) is 1. The summed E-state index contributed by atoms with van der Waals surface area (Å²) in [7, 11) is 0. The van der Waals surface area contributed by atoms with E-state index in [1.165, 1.54) is 4.90 Å². The number of rotatable bonds is 7. The van der Waals surface area contributed by atoms with Gasteiger partial charge in [-0.3, -0.25) is 19.2 Å². The third kappa shape index (κ3) is 5.69. The van der Waals surface area contributed by atoms with Gasteiger partial charge in [0.25, 0.3) is 11.8 Å². The minimum Gasteiger partial charge on any atom is -0.481 e. The fraction of sp³-hybridized carbons (Fsp3) is 0.385. The van der Waals surface area contributed by atoms with Gasteiger partial charge < -0.3 is 20.2 Å². The number of amides is 3. The van der Waals surface area contributed by atoms with Crippen molar-refractivity contribution in [2.24, 2.45) is 5.92 Å². The van der Waals surface area contributed by atoms with E-state index in [0.29, 0.717) is 30.9 Å². The number of benzene rings is 2. The van der Waals surface area contributed by atoms with Gasteiger partial charge in [-0.2, -0.15) is 0 Å². The van der Waals surface area contributed by atoms with Crippen LogP contribution >= 0.6 is 0 Å².